The Morgan fingerprint density at radius 1 is 0.926 bits per heavy atom. The lowest BCUT2D eigenvalue weighted by molar-refractivity contribution is 0.171. The Balaban J connectivity index is 1.49. The molecule has 2 aromatic carbocycles. The van der Waals surface area contributed by atoms with Crippen LogP contribution >= 0.6 is 0 Å². The number of nitrogens with one attached hydrogen (secondary N) is 2. The van der Waals surface area contributed by atoms with Gasteiger partial charge in [-0.05, 0) is 47.9 Å². The molecule has 0 bridgehead atoms. The summed E-state index contributed by atoms with van der Waals surface area (Å²) in [5.41, 5.74) is 2.68. The number of aromatic nitrogens is 2. The number of hydrogen-bond acceptors (Lipinski definition) is 5. The molecule has 0 aliphatic carbocycles. The number of fused-ring (bicyclic) bond motifs is 3. The molecule has 0 saturated heterocycles. The third-order valence-corrected chi connectivity index (χ3v) is 6.81. The smallest absolute Gasteiger partial charge is 0.323 e. The van der Waals surface area contributed by atoms with Crippen molar-refractivity contribution in [3.05, 3.63) is 51.9 Å². The van der Waals surface area contributed by atoms with Gasteiger partial charge in [0.2, 0.25) is 10.0 Å². The van der Waals surface area contributed by atoms with Crippen LogP contribution in [0, 0.1) is 0 Å². The van der Waals surface area contributed by atoms with Crippen molar-refractivity contribution in [1.29, 1.82) is 0 Å². The van der Waals surface area contributed by atoms with Crippen LogP contribution in [-0.4, -0.2) is 42.4 Å². The van der Waals surface area contributed by atoms with E-state index in [0.717, 1.165) is 16.9 Å². The fourth-order valence-corrected chi connectivity index (χ4v) is 5.04. The molecule has 0 saturated carbocycles. The Morgan fingerprint density at radius 2 is 1.63 bits per heavy atom. The average molecular weight is 387 g/mol. The highest BCUT2D eigenvalue weighted by Crippen LogP contribution is 2.36. The predicted octanol–water partition coefficient (Wildman–Crippen LogP) is 1.37. The van der Waals surface area contributed by atoms with Gasteiger partial charge in [-0.2, -0.15) is 4.31 Å². The van der Waals surface area contributed by atoms with E-state index < -0.39 is 10.0 Å². The highest BCUT2D eigenvalue weighted by molar-refractivity contribution is 7.89. The molecule has 0 unspecified atom stereocenters. The van der Waals surface area contributed by atoms with E-state index >= 15 is 0 Å². The van der Waals surface area contributed by atoms with Gasteiger partial charge in [0, 0.05) is 13.1 Å². The standard InChI is InChI=1S/C18H17N3O5S/c22-18-19-14-2-1-13(9-15(14)20-18)27(23,24)21-4-3-11-7-16-17(8-12(11)10-21)26-6-5-25-16/h1-2,7-9H,3-6,10H2,(H2,19,20,22). The fraction of sp³-hybridized carbons (Fsp3) is 0.278. The zero-order valence-corrected chi connectivity index (χ0v) is 15.1. The van der Waals surface area contributed by atoms with Gasteiger partial charge in [-0.1, -0.05) is 0 Å². The molecule has 9 heteroatoms. The van der Waals surface area contributed by atoms with Gasteiger partial charge >= 0.3 is 5.69 Å². The zero-order chi connectivity index (χ0) is 18.6. The van der Waals surface area contributed by atoms with E-state index in [9.17, 15) is 13.2 Å². The summed E-state index contributed by atoms with van der Waals surface area (Å²) in [6, 6.07) is 8.42. The third-order valence-electron chi connectivity index (χ3n) is 4.97. The van der Waals surface area contributed by atoms with Crippen LogP contribution < -0.4 is 15.2 Å². The summed E-state index contributed by atoms with van der Waals surface area (Å²) in [6.45, 7) is 1.67. The molecule has 8 nitrogen and oxygen atoms in total. The van der Waals surface area contributed by atoms with Gasteiger partial charge in [0.25, 0.3) is 0 Å². The molecule has 2 N–H and O–H groups in total. The van der Waals surface area contributed by atoms with Crippen molar-refractivity contribution in [3.63, 3.8) is 0 Å². The molecule has 2 aliphatic heterocycles. The molecule has 0 atom stereocenters. The largest absolute Gasteiger partial charge is 0.486 e. The Kier molecular flexibility index (Phi) is 3.56. The van der Waals surface area contributed by atoms with Crippen LogP contribution in [0.2, 0.25) is 0 Å². The summed E-state index contributed by atoms with van der Waals surface area (Å²) in [6.07, 6.45) is 0.606. The predicted molar refractivity (Wildman–Crippen MR) is 97.7 cm³/mol. The van der Waals surface area contributed by atoms with Crippen molar-refractivity contribution in [2.45, 2.75) is 17.9 Å². The lowest BCUT2D eigenvalue weighted by Crippen LogP contribution is -2.36. The van der Waals surface area contributed by atoms with Crippen LogP contribution in [0.15, 0.2) is 40.0 Å². The first-order valence-electron chi connectivity index (χ1n) is 8.64. The maximum Gasteiger partial charge on any atom is 0.323 e. The van der Waals surface area contributed by atoms with E-state index in [1.165, 1.54) is 16.4 Å². The van der Waals surface area contributed by atoms with Crippen LogP contribution in [-0.2, 0) is 23.0 Å². The van der Waals surface area contributed by atoms with Crippen molar-refractivity contribution < 1.29 is 17.9 Å². The van der Waals surface area contributed by atoms with Gasteiger partial charge in [-0.25, -0.2) is 13.2 Å². The molecule has 0 fully saturated rings. The molecule has 0 spiro atoms. The second-order valence-corrected chi connectivity index (χ2v) is 8.58. The Morgan fingerprint density at radius 3 is 2.41 bits per heavy atom. The van der Waals surface area contributed by atoms with Gasteiger partial charge in [0.1, 0.15) is 13.2 Å². The van der Waals surface area contributed by atoms with E-state index in [-0.39, 0.29) is 17.1 Å². The molecule has 5 rings (SSSR count). The number of ether oxygens (including phenoxy) is 2. The van der Waals surface area contributed by atoms with Crippen LogP contribution in [0.1, 0.15) is 11.1 Å². The molecule has 0 radical (unpaired) electrons. The first-order valence-corrected chi connectivity index (χ1v) is 10.1. The maximum atomic E-state index is 13.1. The summed E-state index contributed by atoms with van der Waals surface area (Å²) in [5, 5.41) is 0. The van der Waals surface area contributed by atoms with Crippen LogP contribution in [0.3, 0.4) is 0 Å². The van der Waals surface area contributed by atoms with Gasteiger partial charge in [0.15, 0.2) is 11.5 Å². The van der Waals surface area contributed by atoms with E-state index in [4.69, 9.17) is 9.47 Å². The lowest BCUT2D eigenvalue weighted by Gasteiger charge is -2.30. The van der Waals surface area contributed by atoms with Gasteiger partial charge < -0.3 is 19.4 Å². The lowest BCUT2D eigenvalue weighted by atomic mass is 10.00. The summed E-state index contributed by atoms with van der Waals surface area (Å²) < 4.78 is 38.9. The number of nitrogens with zero attached hydrogens (tertiary/aromatic N) is 1. The van der Waals surface area contributed by atoms with Crippen LogP contribution in [0.25, 0.3) is 11.0 Å². The van der Waals surface area contributed by atoms with Crippen molar-refractivity contribution >= 4 is 21.1 Å². The van der Waals surface area contributed by atoms with Gasteiger partial charge in [-0.3, -0.25) is 0 Å². The average Bonchev–Trinajstić information content (AvgIpc) is 3.05. The SMILES string of the molecule is O=c1[nH]c2ccc(S(=O)(=O)N3CCc4cc5c(cc4C3)OCCO5)cc2[nH]1. The van der Waals surface area contributed by atoms with Crippen molar-refractivity contribution in [2.24, 2.45) is 0 Å². The minimum atomic E-state index is -3.68. The number of H-pyrrole nitrogens is 2. The van der Waals surface area contributed by atoms with Crippen molar-refractivity contribution in [2.75, 3.05) is 19.8 Å². The zero-order valence-electron chi connectivity index (χ0n) is 14.3. The molecule has 140 valence electrons. The van der Waals surface area contributed by atoms with E-state index in [0.29, 0.717) is 43.0 Å². The number of imidazole rings is 1. The maximum absolute atomic E-state index is 13.1. The monoisotopic (exact) mass is 387 g/mol. The summed E-state index contributed by atoms with van der Waals surface area (Å²) in [4.78, 5) is 16.8. The first kappa shape index (κ1) is 16.4. The number of aromatic amines is 2. The highest BCUT2D eigenvalue weighted by Gasteiger charge is 2.30. The minimum absolute atomic E-state index is 0.159. The van der Waals surface area contributed by atoms with E-state index in [1.807, 2.05) is 12.1 Å². The Bertz CT molecular complexity index is 1210. The quantitative estimate of drug-likeness (QED) is 0.691. The number of sulfonamides is 1. The Labute approximate surface area is 154 Å². The topological polar surface area (TPSA) is 104 Å². The second-order valence-electron chi connectivity index (χ2n) is 6.64. The molecular formula is C18H17N3O5S. The molecular weight excluding hydrogens is 370 g/mol. The summed E-state index contributed by atoms with van der Waals surface area (Å²) in [7, 11) is -3.68. The summed E-state index contributed by atoms with van der Waals surface area (Å²) >= 11 is 0. The van der Waals surface area contributed by atoms with Gasteiger partial charge in [0.05, 0.1) is 15.9 Å². The van der Waals surface area contributed by atoms with E-state index in [1.54, 1.807) is 6.07 Å². The minimum Gasteiger partial charge on any atom is -0.486 e. The highest BCUT2D eigenvalue weighted by atomic mass is 32.2. The summed E-state index contributed by atoms with van der Waals surface area (Å²) in [5.74, 6) is 1.38. The number of benzene rings is 2. The van der Waals surface area contributed by atoms with Crippen LogP contribution in [0.4, 0.5) is 0 Å². The number of rotatable bonds is 2. The molecule has 0 amide bonds. The van der Waals surface area contributed by atoms with E-state index in [2.05, 4.69) is 9.97 Å². The van der Waals surface area contributed by atoms with Crippen molar-refractivity contribution in [3.8, 4) is 11.5 Å². The molecule has 1 aromatic heterocycles. The first-order chi connectivity index (χ1) is 13.0. The number of hydrogen-bond donors (Lipinski definition) is 2. The second kappa shape index (κ2) is 5.86. The third kappa shape index (κ3) is 2.70. The van der Waals surface area contributed by atoms with Crippen molar-refractivity contribution in [1.82, 2.24) is 14.3 Å². The van der Waals surface area contributed by atoms with Crippen LogP contribution in [0.5, 0.6) is 11.5 Å². The molecule has 2 aliphatic rings. The fourth-order valence-electron chi connectivity index (χ4n) is 3.59. The normalized spacial score (nSPS) is 17.0. The van der Waals surface area contributed by atoms with Gasteiger partial charge in [-0.15, -0.1) is 0 Å². The molecule has 27 heavy (non-hydrogen) atoms. The Hall–Kier alpha value is -2.78. The molecule has 3 heterocycles. The molecule has 3 aromatic rings.